The van der Waals surface area contributed by atoms with Crippen molar-refractivity contribution in [2.45, 2.75) is 25.6 Å². The highest BCUT2D eigenvalue weighted by atomic mass is 79.9. The van der Waals surface area contributed by atoms with Gasteiger partial charge in [0.05, 0.1) is 7.11 Å². The van der Waals surface area contributed by atoms with Crippen molar-refractivity contribution in [3.8, 4) is 11.5 Å². The molecular weight excluding hydrogens is 458 g/mol. The molecule has 0 heterocycles. The summed E-state index contributed by atoms with van der Waals surface area (Å²) in [7, 11) is 2.91. The van der Waals surface area contributed by atoms with Crippen LogP contribution in [-0.2, 0) is 17.8 Å². The molecule has 0 radical (unpaired) electrons. The highest BCUT2D eigenvalue weighted by Gasteiger charge is 2.29. The molecule has 0 saturated heterocycles. The minimum absolute atomic E-state index is 0.0258. The van der Waals surface area contributed by atoms with E-state index >= 15 is 0 Å². The molecular formula is C20H20BrF4NO3. The maximum atomic E-state index is 13.8. The van der Waals surface area contributed by atoms with Gasteiger partial charge in [-0.25, -0.2) is 4.39 Å². The second-order valence-corrected chi connectivity index (χ2v) is 7.29. The number of hydrogen-bond donors (Lipinski definition) is 0. The SMILES string of the molecule is COc1cc(CCC(=O)N(C)Cc2cc(Br)ccc2F)ccc1OCC(F)(F)F. The van der Waals surface area contributed by atoms with Gasteiger partial charge < -0.3 is 14.4 Å². The lowest BCUT2D eigenvalue weighted by Crippen LogP contribution is -2.26. The Balaban J connectivity index is 1.96. The number of hydrogen-bond acceptors (Lipinski definition) is 3. The summed E-state index contributed by atoms with van der Waals surface area (Å²) in [4.78, 5) is 13.8. The molecule has 158 valence electrons. The number of carbonyl (C=O) groups excluding carboxylic acids is 1. The fraction of sp³-hybridized carbons (Fsp3) is 0.350. The number of rotatable bonds is 8. The van der Waals surface area contributed by atoms with Crippen LogP contribution in [0.3, 0.4) is 0 Å². The zero-order valence-corrected chi connectivity index (χ0v) is 17.4. The van der Waals surface area contributed by atoms with Crippen LogP contribution in [0.25, 0.3) is 0 Å². The lowest BCUT2D eigenvalue weighted by atomic mass is 10.1. The monoisotopic (exact) mass is 477 g/mol. The van der Waals surface area contributed by atoms with Gasteiger partial charge in [0.1, 0.15) is 5.82 Å². The molecule has 29 heavy (non-hydrogen) atoms. The molecule has 0 N–H and O–H groups in total. The minimum Gasteiger partial charge on any atom is -0.493 e. The average Bonchev–Trinajstić information content (AvgIpc) is 2.66. The van der Waals surface area contributed by atoms with Crippen LogP contribution in [0.1, 0.15) is 17.5 Å². The van der Waals surface area contributed by atoms with Crippen molar-refractivity contribution in [1.82, 2.24) is 4.90 Å². The first-order valence-electron chi connectivity index (χ1n) is 8.63. The predicted octanol–water partition coefficient (Wildman–Crippen LogP) is 5.13. The third-order valence-electron chi connectivity index (χ3n) is 4.09. The molecule has 0 fully saturated rings. The van der Waals surface area contributed by atoms with Crippen molar-refractivity contribution in [1.29, 1.82) is 0 Å². The van der Waals surface area contributed by atoms with E-state index in [1.807, 2.05) is 0 Å². The standard InChI is InChI=1S/C20H20BrF4NO3/c1-26(11-14-10-15(21)5-6-16(14)22)19(27)8-4-13-3-7-17(18(9-13)28-2)29-12-20(23,24)25/h3,5-7,9-10H,4,8,11-12H2,1-2H3. The van der Waals surface area contributed by atoms with Crippen LogP contribution in [0.5, 0.6) is 11.5 Å². The van der Waals surface area contributed by atoms with E-state index in [-0.39, 0.29) is 30.4 Å². The smallest absolute Gasteiger partial charge is 0.422 e. The van der Waals surface area contributed by atoms with E-state index in [2.05, 4.69) is 15.9 Å². The summed E-state index contributed by atoms with van der Waals surface area (Å²) >= 11 is 3.27. The average molecular weight is 478 g/mol. The third-order valence-corrected chi connectivity index (χ3v) is 4.58. The molecule has 2 aromatic carbocycles. The Morgan fingerprint density at radius 1 is 1.14 bits per heavy atom. The van der Waals surface area contributed by atoms with Crippen molar-refractivity contribution < 1.29 is 31.8 Å². The van der Waals surface area contributed by atoms with Crippen LogP contribution in [0.2, 0.25) is 0 Å². The second kappa shape index (κ2) is 9.96. The van der Waals surface area contributed by atoms with Gasteiger partial charge >= 0.3 is 6.18 Å². The summed E-state index contributed by atoms with van der Waals surface area (Å²) in [5, 5.41) is 0. The lowest BCUT2D eigenvalue weighted by molar-refractivity contribution is -0.153. The molecule has 0 spiro atoms. The van der Waals surface area contributed by atoms with Crippen molar-refractivity contribution in [2.24, 2.45) is 0 Å². The quantitative estimate of drug-likeness (QED) is 0.494. The topological polar surface area (TPSA) is 38.8 Å². The van der Waals surface area contributed by atoms with Gasteiger partial charge in [0.2, 0.25) is 5.91 Å². The number of amides is 1. The summed E-state index contributed by atoms with van der Waals surface area (Å²) in [6.07, 6.45) is -3.95. The van der Waals surface area contributed by atoms with Crippen molar-refractivity contribution in [2.75, 3.05) is 20.8 Å². The summed E-state index contributed by atoms with van der Waals surface area (Å²) < 4.78 is 61.3. The highest BCUT2D eigenvalue weighted by molar-refractivity contribution is 9.10. The number of carbonyl (C=O) groups is 1. The van der Waals surface area contributed by atoms with Gasteiger partial charge in [-0.1, -0.05) is 22.0 Å². The van der Waals surface area contributed by atoms with Crippen molar-refractivity contribution in [3.63, 3.8) is 0 Å². The van der Waals surface area contributed by atoms with Gasteiger partial charge in [0.15, 0.2) is 18.1 Å². The van der Waals surface area contributed by atoms with Gasteiger partial charge in [-0.2, -0.15) is 13.2 Å². The number of nitrogens with zero attached hydrogens (tertiary/aromatic N) is 1. The number of alkyl halides is 3. The van der Waals surface area contributed by atoms with Gasteiger partial charge in [0, 0.05) is 30.0 Å². The molecule has 0 aliphatic carbocycles. The molecule has 0 aliphatic heterocycles. The molecule has 0 saturated carbocycles. The molecule has 0 unspecified atom stereocenters. The molecule has 2 aromatic rings. The van der Waals surface area contributed by atoms with E-state index < -0.39 is 18.6 Å². The second-order valence-electron chi connectivity index (χ2n) is 6.37. The number of benzene rings is 2. The number of methoxy groups -OCH3 is 1. The minimum atomic E-state index is -4.45. The Bertz CT molecular complexity index is 858. The normalized spacial score (nSPS) is 11.3. The van der Waals surface area contributed by atoms with E-state index in [1.165, 1.54) is 30.2 Å². The summed E-state index contributed by atoms with van der Waals surface area (Å²) in [5.41, 5.74) is 1.10. The van der Waals surface area contributed by atoms with Crippen LogP contribution in [0, 0.1) is 5.82 Å². The lowest BCUT2D eigenvalue weighted by Gasteiger charge is -2.18. The van der Waals surface area contributed by atoms with Crippen molar-refractivity contribution >= 4 is 21.8 Å². The van der Waals surface area contributed by atoms with Crippen LogP contribution in [-0.4, -0.2) is 37.7 Å². The Morgan fingerprint density at radius 3 is 2.52 bits per heavy atom. The largest absolute Gasteiger partial charge is 0.493 e. The van der Waals surface area contributed by atoms with Crippen LogP contribution in [0.4, 0.5) is 17.6 Å². The first-order valence-corrected chi connectivity index (χ1v) is 9.42. The zero-order chi connectivity index (χ0) is 21.6. The number of aryl methyl sites for hydroxylation is 1. The summed E-state index contributed by atoms with van der Waals surface area (Å²) in [6, 6.07) is 9.01. The molecule has 0 aromatic heterocycles. The Hall–Kier alpha value is -2.29. The highest BCUT2D eigenvalue weighted by Crippen LogP contribution is 2.30. The van der Waals surface area contributed by atoms with E-state index in [0.717, 1.165) is 4.47 Å². The first kappa shape index (κ1) is 23.0. The Kier molecular flexibility index (Phi) is 7.89. The third kappa shape index (κ3) is 7.23. The predicted molar refractivity (Wildman–Crippen MR) is 103 cm³/mol. The fourth-order valence-electron chi connectivity index (χ4n) is 2.60. The van der Waals surface area contributed by atoms with Crippen molar-refractivity contribution in [3.05, 3.63) is 57.8 Å². The molecule has 9 heteroatoms. The molecule has 2 rings (SSSR count). The van der Waals surface area contributed by atoms with E-state index in [0.29, 0.717) is 17.5 Å². The number of ether oxygens (including phenoxy) is 2. The van der Waals surface area contributed by atoms with Gasteiger partial charge in [-0.15, -0.1) is 0 Å². The van der Waals surface area contributed by atoms with E-state index in [4.69, 9.17) is 9.47 Å². The molecule has 1 amide bonds. The van der Waals surface area contributed by atoms with Crippen LogP contribution >= 0.6 is 15.9 Å². The van der Waals surface area contributed by atoms with E-state index in [1.54, 1.807) is 25.2 Å². The summed E-state index contributed by atoms with van der Waals surface area (Å²) in [5.74, 6) is -0.460. The summed E-state index contributed by atoms with van der Waals surface area (Å²) in [6.45, 7) is -1.30. The van der Waals surface area contributed by atoms with Crippen LogP contribution < -0.4 is 9.47 Å². The molecule has 0 atom stereocenters. The van der Waals surface area contributed by atoms with Gasteiger partial charge in [-0.05, 0) is 42.3 Å². The maximum Gasteiger partial charge on any atom is 0.422 e. The van der Waals surface area contributed by atoms with Gasteiger partial charge in [-0.3, -0.25) is 4.79 Å². The molecule has 0 aliphatic rings. The van der Waals surface area contributed by atoms with Crippen LogP contribution in [0.15, 0.2) is 40.9 Å². The molecule has 4 nitrogen and oxygen atoms in total. The number of halogens is 5. The first-order chi connectivity index (χ1) is 13.6. The zero-order valence-electron chi connectivity index (χ0n) is 15.9. The Labute approximate surface area is 174 Å². The molecule has 0 bridgehead atoms. The van der Waals surface area contributed by atoms with Gasteiger partial charge in [0.25, 0.3) is 0 Å². The Morgan fingerprint density at radius 2 is 1.86 bits per heavy atom. The fourth-order valence-corrected chi connectivity index (χ4v) is 3.01. The maximum absolute atomic E-state index is 13.8. The van der Waals surface area contributed by atoms with E-state index in [9.17, 15) is 22.4 Å².